The van der Waals surface area contributed by atoms with Crippen LogP contribution in [0.15, 0.2) is 24.8 Å². The van der Waals surface area contributed by atoms with Gasteiger partial charge in [-0.3, -0.25) is 4.90 Å². The normalized spacial score (nSPS) is 41.0. The maximum atomic E-state index is 12.0. The molecule has 2 N–H and O–H groups in total. The summed E-state index contributed by atoms with van der Waals surface area (Å²) in [4.78, 5) is 2.35. The van der Waals surface area contributed by atoms with Crippen LogP contribution in [0, 0.1) is 0 Å². The van der Waals surface area contributed by atoms with Crippen LogP contribution in [0.1, 0.15) is 30.4 Å². The maximum Gasteiger partial charge on any atom is 0.166 e. The van der Waals surface area contributed by atoms with Crippen LogP contribution < -0.4 is 9.47 Å². The molecule has 1 aromatic rings. The van der Waals surface area contributed by atoms with Crippen molar-refractivity contribution < 1.29 is 19.7 Å². The molecule has 2 aliphatic heterocycles. The summed E-state index contributed by atoms with van der Waals surface area (Å²) in [6.45, 7) is 5.54. The molecule has 5 nitrogen and oxygen atoms in total. The molecule has 1 aromatic carbocycles. The zero-order valence-electron chi connectivity index (χ0n) is 14.6. The molecular weight excluding hydrogens is 318 g/mol. The van der Waals surface area contributed by atoms with Crippen molar-refractivity contribution in [3.63, 3.8) is 0 Å². The van der Waals surface area contributed by atoms with Gasteiger partial charge in [0.1, 0.15) is 6.10 Å². The lowest BCUT2D eigenvalue weighted by Gasteiger charge is -2.63. The van der Waals surface area contributed by atoms with E-state index in [0.717, 1.165) is 37.2 Å². The fraction of sp³-hybridized carbons (Fsp3) is 0.600. The van der Waals surface area contributed by atoms with Crippen molar-refractivity contribution in [3.05, 3.63) is 35.9 Å². The number of nitrogens with zero attached hydrogens (tertiary/aromatic N) is 1. The van der Waals surface area contributed by atoms with Gasteiger partial charge in [0, 0.05) is 18.2 Å². The molecule has 134 valence electrons. The third-order valence-electron chi connectivity index (χ3n) is 7.11. The number of hydrogen-bond acceptors (Lipinski definition) is 5. The Morgan fingerprint density at radius 1 is 1.44 bits per heavy atom. The molecule has 5 rings (SSSR count). The van der Waals surface area contributed by atoms with E-state index in [9.17, 15) is 10.2 Å². The topological polar surface area (TPSA) is 62.2 Å². The van der Waals surface area contributed by atoms with Crippen molar-refractivity contribution in [2.24, 2.45) is 0 Å². The molecule has 1 spiro atoms. The third-order valence-corrected chi connectivity index (χ3v) is 7.11. The molecule has 4 aliphatic rings. The van der Waals surface area contributed by atoms with E-state index in [1.54, 1.807) is 7.11 Å². The van der Waals surface area contributed by atoms with Gasteiger partial charge in [-0.2, -0.15) is 0 Å². The van der Waals surface area contributed by atoms with Gasteiger partial charge in [0.15, 0.2) is 11.5 Å². The average Bonchev–Trinajstić information content (AvgIpc) is 2.96. The van der Waals surface area contributed by atoms with Crippen LogP contribution in [-0.4, -0.2) is 59.2 Å². The lowest BCUT2D eigenvalue weighted by molar-refractivity contribution is -0.206. The van der Waals surface area contributed by atoms with Gasteiger partial charge in [-0.15, -0.1) is 6.58 Å². The van der Waals surface area contributed by atoms with E-state index in [1.165, 1.54) is 5.56 Å². The van der Waals surface area contributed by atoms with E-state index in [1.807, 2.05) is 12.1 Å². The van der Waals surface area contributed by atoms with Gasteiger partial charge in [0.05, 0.1) is 24.2 Å². The minimum absolute atomic E-state index is 0.0321. The highest BCUT2D eigenvalue weighted by Crippen LogP contribution is 2.65. The van der Waals surface area contributed by atoms with Gasteiger partial charge < -0.3 is 19.7 Å². The summed E-state index contributed by atoms with van der Waals surface area (Å²) in [7, 11) is 1.64. The van der Waals surface area contributed by atoms with Crippen LogP contribution in [0.25, 0.3) is 0 Å². The van der Waals surface area contributed by atoms with E-state index in [2.05, 4.69) is 17.5 Å². The largest absolute Gasteiger partial charge is 0.493 e. The van der Waals surface area contributed by atoms with E-state index < -0.39 is 23.2 Å². The first-order valence-electron chi connectivity index (χ1n) is 9.19. The Morgan fingerprint density at radius 3 is 3.04 bits per heavy atom. The number of piperidine rings is 1. The van der Waals surface area contributed by atoms with E-state index in [4.69, 9.17) is 9.47 Å². The number of methoxy groups -OCH3 is 1. The molecule has 0 amide bonds. The highest BCUT2D eigenvalue weighted by molar-refractivity contribution is 5.62. The second-order valence-corrected chi connectivity index (χ2v) is 7.92. The van der Waals surface area contributed by atoms with Gasteiger partial charge in [0.2, 0.25) is 0 Å². The lowest BCUT2D eigenvalue weighted by Crippen LogP contribution is -2.77. The minimum atomic E-state index is -0.886. The van der Waals surface area contributed by atoms with Gasteiger partial charge in [-0.1, -0.05) is 12.1 Å². The highest BCUT2D eigenvalue weighted by atomic mass is 16.5. The minimum Gasteiger partial charge on any atom is -0.493 e. The van der Waals surface area contributed by atoms with E-state index >= 15 is 0 Å². The summed E-state index contributed by atoms with van der Waals surface area (Å²) < 4.78 is 11.8. The summed E-state index contributed by atoms with van der Waals surface area (Å²) >= 11 is 0. The van der Waals surface area contributed by atoms with Crippen LogP contribution in [0.5, 0.6) is 11.5 Å². The van der Waals surface area contributed by atoms with Crippen molar-refractivity contribution in [2.45, 2.75) is 54.9 Å². The summed E-state index contributed by atoms with van der Waals surface area (Å²) in [5, 5.41) is 22.7. The predicted molar refractivity (Wildman–Crippen MR) is 93.2 cm³/mol. The van der Waals surface area contributed by atoms with Crippen LogP contribution in [0.3, 0.4) is 0 Å². The Kier molecular flexibility index (Phi) is 3.13. The van der Waals surface area contributed by atoms with Crippen LogP contribution in [-0.2, 0) is 11.8 Å². The lowest BCUT2D eigenvalue weighted by atomic mass is 9.48. The molecule has 1 saturated heterocycles. The predicted octanol–water partition coefficient (Wildman–Crippen LogP) is 1.40. The molecule has 0 radical (unpaired) electrons. The molecule has 2 bridgehead atoms. The fourth-order valence-electron chi connectivity index (χ4n) is 6.14. The van der Waals surface area contributed by atoms with Gasteiger partial charge in [-0.05, 0) is 43.9 Å². The summed E-state index contributed by atoms with van der Waals surface area (Å²) in [5.74, 6) is 1.43. The number of aliphatic hydroxyl groups excluding tert-OH is 1. The molecule has 5 heteroatoms. The smallest absolute Gasteiger partial charge is 0.166 e. The monoisotopic (exact) mass is 343 g/mol. The average molecular weight is 343 g/mol. The zero-order chi connectivity index (χ0) is 17.4. The van der Waals surface area contributed by atoms with Crippen molar-refractivity contribution in [1.29, 1.82) is 0 Å². The summed E-state index contributed by atoms with van der Waals surface area (Å²) in [6.07, 6.45) is 3.69. The van der Waals surface area contributed by atoms with Gasteiger partial charge in [-0.25, -0.2) is 0 Å². The molecule has 2 heterocycles. The number of likely N-dealkylation sites (tertiary alicyclic amines) is 1. The molecule has 0 aromatic heterocycles. The van der Waals surface area contributed by atoms with Gasteiger partial charge in [0.25, 0.3) is 0 Å². The molecular formula is C20H25NO4. The van der Waals surface area contributed by atoms with E-state index in [0.29, 0.717) is 18.6 Å². The Balaban J connectivity index is 1.77. The number of aliphatic hydroxyl groups is 2. The first-order chi connectivity index (χ1) is 12.1. The SMILES string of the molecule is C=CCN1CC[C@@]23c4c5ccc(OC)c4O[C@@H]2[C@H](O)CC[C@]3(O)[C@@H]1C5. The Hall–Kier alpha value is -1.56. The number of hydrogen-bond donors (Lipinski definition) is 2. The summed E-state index contributed by atoms with van der Waals surface area (Å²) in [5.41, 5.74) is 0.885. The van der Waals surface area contributed by atoms with Crippen LogP contribution in [0.4, 0.5) is 0 Å². The molecule has 2 fully saturated rings. The Bertz CT molecular complexity index is 749. The summed E-state index contributed by atoms with van der Waals surface area (Å²) in [6, 6.07) is 4.09. The number of benzene rings is 1. The van der Waals surface area contributed by atoms with Crippen LogP contribution >= 0.6 is 0 Å². The second-order valence-electron chi connectivity index (χ2n) is 7.92. The first-order valence-corrected chi connectivity index (χ1v) is 9.19. The third kappa shape index (κ3) is 1.65. The number of ether oxygens (including phenoxy) is 2. The standard InChI is InChI=1S/C20H25NO4/c1-3-9-21-10-8-19-16-12-4-5-14(24-2)17(16)25-18(19)13(22)6-7-20(19,23)15(21)11-12/h3-5,13,15,18,22-23H,1,6-11H2,2H3/t13-,15+,18-,19-,20+/m1/s1. The quantitative estimate of drug-likeness (QED) is 0.813. The van der Waals surface area contributed by atoms with Crippen LogP contribution in [0.2, 0.25) is 0 Å². The van der Waals surface area contributed by atoms with Crippen molar-refractivity contribution >= 4 is 0 Å². The molecule has 1 saturated carbocycles. The first kappa shape index (κ1) is 15.7. The van der Waals surface area contributed by atoms with Crippen molar-refractivity contribution in [1.82, 2.24) is 4.90 Å². The van der Waals surface area contributed by atoms with Crippen molar-refractivity contribution in [2.75, 3.05) is 20.2 Å². The zero-order valence-corrected chi connectivity index (χ0v) is 14.6. The highest BCUT2D eigenvalue weighted by Gasteiger charge is 2.72. The van der Waals surface area contributed by atoms with Gasteiger partial charge >= 0.3 is 0 Å². The molecule has 5 atom stereocenters. The maximum absolute atomic E-state index is 12.0. The van der Waals surface area contributed by atoms with Crippen molar-refractivity contribution in [3.8, 4) is 11.5 Å². The Morgan fingerprint density at radius 2 is 2.28 bits per heavy atom. The number of rotatable bonds is 3. The van der Waals surface area contributed by atoms with E-state index in [-0.39, 0.29) is 6.04 Å². The molecule has 25 heavy (non-hydrogen) atoms. The molecule has 0 unspecified atom stereocenters. The molecule has 2 aliphatic carbocycles. The second kappa shape index (κ2) is 5.00. The fourth-order valence-corrected chi connectivity index (χ4v) is 6.14. The Labute approximate surface area is 147 Å².